The zero-order chi connectivity index (χ0) is 19.7. The van der Waals surface area contributed by atoms with Crippen molar-refractivity contribution in [2.24, 2.45) is 0 Å². The molecule has 1 atom stereocenters. The van der Waals surface area contributed by atoms with E-state index in [0.717, 1.165) is 12.8 Å². The molecule has 0 aliphatic heterocycles. The van der Waals surface area contributed by atoms with Gasteiger partial charge in [0.2, 0.25) is 0 Å². The number of hydrogen-bond donors (Lipinski definition) is 0. The highest BCUT2D eigenvalue weighted by Crippen LogP contribution is 2.34. The van der Waals surface area contributed by atoms with Crippen LogP contribution in [0.3, 0.4) is 0 Å². The third kappa shape index (κ3) is 4.78. The van der Waals surface area contributed by atoms with Gasteiger partial charge in [0.15, 0.2) is 0 Å². The van der Waals surface area contributed by atoms with Gasteiger partial charge in [-0.05, 0) is 54.2 Å². The van der Waals surface area contributed by atoms with Gasteiger partial charge in [-0.2, -0.15) is 5.10 Å². The van der Waals surface area contributed by atoms with E-state index >= 15 is 0 Å². The fourth-order valence-corrected chi connectivity index (χ4v) is 3.59. The number of rotatable bonds is 5. The van der Waals surface area contributed by atoms with Crippen molar-refractivity contribution in [1.82, 2.24) is 9.78 Å². The Morgan fingerprint density at radius 1 is 0.885 bits per heavy atom. The Hall–Kier alpha value is -1.57. The maximum atomic E-state index is 4.98. The lowest BCUT2D eigenvalue weighted by molar-refractivity contribution is 0.516. The van der Waals surface area contributed by atoms with E-state index in [1.165, 1.54) is 22.4 Å². The Morgan fingerprint density at radius 3 is 2.00 bits per heavy atom. The Kier molecular flexibility index (Phi) is 6.05. The molecule has 0 radical (unpaired) electrons. The minimum absolute atomic E-state index is 0.125. The highest BCUT2D eigenvalue weighted by molar-refractivity contribution is 5.34. The molecule has 0 N–H and O–H groups in total. The summed E-state index contributed by atoms with van der Waals surface area (Å²) in [5.74, 6) is 0.456. The fourth-order valence-electron chi connectivity index (χ4n) is 3.59. The number of aryl methyl sites for hydroxylation is 1. The van der Waals surface area contributed by atoms with Gasteiger partial charge in [-0.1, -0.05) is 72.7 Å². The molecular formula is C24H38N2. The van der Waals surface area contributed by atoms with Gasteiger partial charge in [0.1, 0.15) is 0 Å². The standard InChI is InChI=1S/C24H38N2/c1-17(2)26-16-21(24(7,8)9)22(25-26)18(3)14-15-19-12-10-11-13-20(19)23(4,5)6/h10-13,16-18H,14-15H2,1-9H3/t18-/m1/s1. The number of hydrogen-bond acceptors (Lipinski definition) is 1. The average Bonchev–Trinajstić information content (AvgIpc) is 2.98. The summed E-state index contributed by atoms with van der Waals surface area (Å²) in [5.41, 5.74) is 5.93. The van der Waals surface area contributed by atoms with Crippen molar-refractivity contribution in [3.63, 3.8) is 0 Å². The van der Waals surface area contributed by atoms with Crippen LogP contribution in [0.15, 0.2) is 30.5 Å². The summed E-state index contributed by atoms with van der Waals surface area (Å²) in [5, 5.41) is 4.98. The molecule has 144 valence electrons. The van der Waals surface area contributed by atoms with Crippen molar-refractivity contribution in [2.75, 3.05) is 0 Å². The molecule has 0 saturated heterocycles. The van der Waals surface area contributed by atoms with E-state index in [-0.39, 0.29) is 10.8 Å². The lowest BCUT2D eigenvalue weighted by Gasteiger charge is -2.24. The molecule has 0 aliphatic rings. The number of benzene rings is 1. The first kappa shape index (κ1) is 20.7. The summed E-state index contributed by atoms with van der Waals surface area (Å²) in [4.78, 5) is 0. The Labute approximate surface area is 161 Å². The lowest BCUT2D eigenvalue weighted by Crippen LogP contribution is -2.16. The molecule has 2 nitrogen and oxygen atoms in total. The topological polar surface area (TPSA) is 17.8 Å². The number of nitrogens with zero attached hydrogens (tertiary/aromatic N) is 2. The Bertz CT molecular complexity index is 723. The summed E-state index contributed by atoms with van der Waals surface area (Å²) >= 11 is 0. The molecule has 1 aromatic carbocycles. The number of aromatic nitrogens is 2. The average molecular weight is 355 g/mol. The molecule has 2 heteroatoms. The van der Waals surface area contributed by atoms with E-state index in [1.54, 1.807) is 0 Å². The van der Waals surface area contributed by atoms with Gasteiger partial charge < -0.3 is 0 Å². The summed E-state index contributed by atoms with van der Waals surface area (Å²) in [6.07, 6.45) is 4.50. The van der Waals surface area contributed by atoms with Gasteiger partial charge in [-0.3, -0.25) is 4.68 Å². The van der Waals surface area contributed by atoms with Gasteiger partial charge in [0, 0.05) is 18.2 Å². The molecule has 0 fully saturated rings. The van der Waals surface area contributed by atoms with Crippen molar-refractivity contribution < 1.29 is 0 Å². The summed E-state index contributed by atoms with van der Waals surface area (Å²) in [6.45, 7) is 20.5. The van der Waals surface area contributed by atoms with Crippen LogP contribution < -0.4 is 0 Å². The SMILES string of the molecule is CC(C)n1cc(C(C)(C)C)c([C@H](C)CCc2ccccc2C(C)(C)C)n1. The fraction of sp³-hybridized carbons (Fsp3) is 0.625. The molecule has 0 aliphatic carbocycles. The normalized spacial score (nSPS) is 14.1. The van der Waals surface area contributed by atoms with Crippen LogP contribution >= 0.6 is 0 Å². The quantitative estimate of drug-likeness (QED) is 0.577. The zero-order valence-electron chi connectivity index (χ0n) is 18.4. The smallest absolute Gasteiger partial charge is 0.0690 e. The first-order valence-electron chi connectivity index (χ1n) is 10.1. The molecule has 0 bridgehead atoms. The second-order valence-corrected chi connectivity index (χ2v) is 10.1. The molecule has 0 unspecified atom stereocenters. The van der Waals surface area contributed by atoms with E-state index < -0.39 is 0 Å². The molecular weight excluding hydrogens is 316 g/mol. The maximum absolute atomic E-state index is 4.98. The first-order valence-corrected chi connectivity index (χ1v) is 10.1. The van der Waals surface area contributed by atoms with Gasteiger partial charge in [-0.25, -0.2) is 0 Å². The third-order valence-corrected chi connectivity index (χ3v) is 5.24. The van der Waals surface area contributed by atoms with E-state index in [9.17, 15) is 0 Å². The Balaban J connectivity index is 2.25. The van der Waals surface area contributed by atoms with Crippen molar-refractivity contribution in [3.05, 3.63) is 52.8 Å². The van der Waals surface area contributed by atoms with Crippen molar-refractivity contribution >= 4 is 0 Å². The lowest BCUT2D eigenvalue weighted by atomic mass is 9.80. The van der Waals surface area contributed by atoms with E-state index in [0.29, 0.717) is 12.0 Å². The van der Waals surface area contributed by atoms with Crippen LogP contribution in [0.2, 0.25) is 0 Å². The summed E-state index contributed by atoms with van der Waals surface area (Å²) in [7, 11) is 0. The molecule has 0 amide bonds. The monoisotopic (exact) mass is 354 g/mol. The third-order valence-electron chi connectivity index (χ3n) is 5.24. The molecule has 2 rings (SSSR count). The van der Waals surface area contributed by atoms with Crippen LogP contribution in [0.1, 0.15) is 103 Å². The van der Waals surface area contributed by atoms with Gasteiger partial charge in [0.25, 0.3) is 0 Å². The molecule has 0 spiro atoms. The summed E-state index contributed by atoms with van der Waals surface area (Å²) < 4.78 is 2.13. The minimum atomic E-state index is 0.125. The first-order chi connectivity index (χ1) is 11.9. The highest BCUT2D eigenvalue weighted by atomic mass is 15.3. The second-order valence-electron chi connectivity index (χ2n) is 10.1. The second kappa shape index (κ2) is 7.58. The van der Waals surface area contributed by atoms with Crippen LogP contribution in [0.4, 0.5) is 0 Å². The van der Waals surface area contributed by atoms with E-state index in [1.807, 2.05) is 0 Å². The van der Waals surface area contributed by atoms with E-state index in [2.05, 4.69) is 97.5 Å². The predicted molar refractivity (Wildman–Crippen MR) is 113 cm³/mol. The summed E-state index contributed by atoms with van der Waals surface area (Å²) in [6, 6.07) is 9.32. The van der Waals surface area contributed by atoms with Gasteiger partial charge in [0.05, 0.1) is 5.69 Å². The van der Waals surface area contributed by atoms with Crippen molar-refractivity contribution in [3.8, 4) is 0 Å². The Morgan fingerprint density at radius 2 is 1.46 bits per heavy atom. The van der Waals surface area contributed by atoms with Crippen LogP contribution in [-0.2, 0) is 17.3 Å². The van der Waals surface area contributed by atoms with Crippen LogP contribution in [-0.4, -0.2) is 9.78 Å². The van der Waals surface area contributed by atoms with Gasteiger partial charge >= 0.3 is 0 Å². The van der Waals surface area contributed by atoms with Gasteiger partial charge in [-0.15, -0.1) is 0 Å². The predicted octanol–water partition coefficient (Wildman–Crippen LogP) is 6.80. The minimum Gasteiger partial charge on any atom is -0.270 e. The van der Waals surface area contributed by atoms with Crippen LogP contribution in [0, 0.1) is 0 Å². The molecule has 1 heterocycles. The molecule has 2 aromatic rings. The molecule has 1 aromatic heterocycles. The molecule has 0 saturated carbocycles. The zero-order valence-corrected chi connectivity index (χ0v) is 18.4. The van der Waals surface area contributed by atoms with E-state index in [4.69, 9.17) is 5.10 Å². The van der Waals surface area contributed by atoms with Crippen molar-refractivity contribution in [2.45, 2.75) is 97.9 Å². The van der Waals surface area contributed by atoms with Crippen LogP contribution in [0.5, 0.6) is 0 Å². The molecule has 26 heavy (non-hydrogen) atoms. The highest BCUT2D eigenvalue weighted by Gasteiger charge is 2.26. The maximum Gasteiger partial charge on any atom is 0.0690 e. The van der Waals surface area contributed by atoms with Crippen molar-refractivity contribution in [1.29, 1.82) is 0 Å². The van der Waals surface area contributed by atoms with Crippen LogP contribution in [0.25, 0.3) is 0 Å². The largest absolute Gasteiger partial charge is 0.270 e.